The van der Waals surface area contributed by atoms with Gasteiger partial charge in [0.25, 0.3) is 0 Å². The number of aromatic nitrogens is 1. The number of H-pyrrole nitrogens is 1. The van der Waals surface area contributed by atoms with Gasteiger partial charge in [-0.05, 0) is 12.1 Å². The molecule has 1 aromatic heterocycles. The Balaban J connectivity index is 1.94. The topological polar surface area (TPSA) is 65.6 Å². The van der Waals surface area contributed by atoms with Gasteiger partial charge in [0, 0.05) is 30.2 Å². The highest BCUT2D eigenvalue weighted by Crippen LogP contribution is 2.20. The first-order valence-corrected chi connectivity index (χ1v) is 7.30. The number of nitrogens with zero attached hydrogens (tertiary/aromatic N) is 1. The van der Waals surface area contributed by atoms with Crippen molar-refractivity contribution in [2.45, 2.75) is 12.6 Å². The number of aromatic amines is 1. The maximum absolute atomic E-state index is 12.2. The minimum absolute atomic E-state index is 0.0378. The number of aliphatic hydroxyl groups is 1. The molecule has 1 aliphatic heterocycles. The SMILES string of the molecule is O=c1cc(CN2CCOC[C@@H]2CO)[nH]c2c(Cl)cccc12. The zero-order valence-electron chi connectivity index (χ0n) is 11.5. The Morgan fingerprint density at radius 3 is 3.14 bits per heavy atom. The highest BCUT2D eigenvalue weighted by molar-refractivity contribution is 6.35. The first-order valence-electron chi connectivity index (χ1n) is 6.92. The van der Waals surface area contributed by atoms with E-state index in [4.69, 9.17) is 16.3 Å². The van der Waals surface area contributed by atoms with Crippen LogP contribution >= 0.6 is 11.6 Å². The lowest BCUT2D eigenvalue weighted by Crippen LogP contribution is -2.47. The molecule has 2 heterocycles. The summed E-state index contributed by atoms with van der Waals surface area (Å²) in [6.45, 7) is 2.47. The fraction of sp³-hybridized carbons (Fsp3) is 0.400. The summed E-state index contributed by atoms with van der Waals surface area (Å²) in [4.78, 5) is 17.5. The zero-order chi connectivity index (χ0) is 14.8. The van der Waals surface area contributed by atoms with E-state index in [0.717, 1.165) is 12.2 Å². The van der Waals surface area contributed by atoms with Crippen molar-refractivity contribution in [1.29, 1.82) is 0 Å². The minimum atomic E-state index is -0.0462. The molecule has 5 nitrogen and oxygen atoms in total. The van der Waals surface area contributed by atoms with Gasteiger partial charge in [0.2, 0.25) is 0 Å². The average molecular weight is 309 g/mol. The molecule has 2 aromatic rings. The Kier molecular flexibility index (Phi) is 4.26. The van der Waals surface area contributed by atoms with Gasteiger partial charge in [-0.3, -0.25) is 9.69 Å². The Hall–Kier alpha value is -1.40. The number of aliphatic hydroxyl groups excluding tert-OH is 1. The van der Waals surface area contributed by atoms with Crippen LogP contribution in [0.15, 0.2) is 29.1 Å². The molecule has 0 saturated carbocycles. The highest BCUT2D eigenvalue weighted by atomic mass is 35.5. The molecule has 1 aromatic carbocycles. The molecular formula is C15H17ClN2O3. The van der Waals surface area contributed by atoms with Gasteiger partial charge in [-0.1, -0.05) is 17.7 Å². The molecule has 6 heteroatoms. The van der Waals surface area contributed by atoms with E-state index in [1.807, 2.05) is 0 Å². The summed E-state index contributed by atoms with van der Waals surface area (Å²) < 4.78 is 5.36. The van der Waals surface area contributed by atoms with Crippen molar-refractivity contribution in [3.63, 3.8) is 0 Å². The summed E-state index contributed by atoms with van der Waals surface area (Å²) >= 11 is 6.16. The number of nitrogens with one attached hydrogen (secondary N) is 1. The lowest BCUT2D eigenvalue weighted by Gasteiger charge is -2.34. The van der Waals surface area contributed by atoms with Crippen LogP contribution in [-0.4, -0.2) is 47.4 Å². The largest absolute Gasteiger partial charge is 0.395 e. The van der Waals surface area contributed by atoms with Gasteiger partial charge >= 0.3 is 0 Å². The molecule has 112 valence electrons. The van der Waals surface area contributed by atoms with E-state index in [9.17, 15) is 9.90 Å². The Labute approximate surface area is 127 Å². The van der Waals surface area contributed by atoms with Crippen LogP contribution in [-0.2, 0) is 11.3 Å². The van der Waals surface area contributed by atoms with Crippen LogP contribution in [0.4, 0.5) is 0 Å². The van der Waals surface area contributed by atoms with E-state index in [1.54, 1.807) is 24.3 Å². The molecule has 0 spiro atoms. The van der Waals surface area contributed by atoms with Crippen molar-refractivity contribution in [2.75, 3.05) is 26.4 Å². The number of ether oxygens (including phenoxy) is 1. The molecule has 1 saturated heterocycles. The van der Waals surface area contributed by atoms with Crippen LogP contribution in [0.5, 0.6) is 0 Å². The number of rotatable bonds is 3. The number of morpholine rings is 1. The van der Waals surface area contributed by atoms with E-state index in [0.29, 0.717) is 35.7 Å². The van der Waals surface area contributed by atoms with Gasteiger partial charge in [0.15, 0.2) is 5.43 Å². The molecule has 0 unspecified atom stereocenters. The van der Waals surface area contributed by atoms with Crippen molar-refractivity contribution in [2.24, 2.45) is 0 Å². The second-order valence-corrected chi connectivity index (χ2v) is 5.61. The number of para-hydroxylation sites is 1. The monoisotopic (exact) mass is 308 g/mol. The number of hydrogen-bond donors (Lipinski definition) is 2. The summed E-state index contributed by atoms with van der Waals surface area (Å²) in [5, 5.41) is 10.5. The predicted molar refractivity (Wildman–Crippen MR) is 81.7 cm³/mol. The number of benzene rings is 1. The molecule has 1 aliphatic rings. The highest BCUT2D eigenvalue weighted by Gasteiger charge is 2.22. The van der Waals surface area contributed by atoms with Gasteiger partial charge in [-0.15, -0.1) is 0 Å². The molecular weight excluding hydrogens is 292 g/mol. The van der Waals surface area contributed by atoms with Crippen LogP contribution < -0.4 is 5.43 Å². The fourth-order valence-corrected chi connectivity index (χ4v) is 2.88. The van der Waals surface area contributed by atoms with E-state index >= 15 is 0 Å². The van der Waals surface area contributed by atoms with Gasteiger partial charge in [-0.2, -0.15) is 0 Å². The smallest absolute Gasteiger partial charge is 0.189 e. The summed E-state index contributed by atoms with van der Waals surface area (Å²) in [5.74, 6) is 0. The molecule has 0 bridgehead atoms. The molecule has 21 heavy (non-hydrogen) atoms. The molecule has 0 radical (unpaired) electrons. The number of fused-ring (bicyclic) bond motifs is 1. The Bertz CT molecular complexity index is 701. The number of halogens is 1. The average Bonchev–Trinajstić information content (AvgIpc) is 2.49. The molecule has 1 atom stereocenters. The molecule has 2 N–H and O–H groups in total. The summed E-state index contributed by atoms with van der Waals surface area (Å²) in [6, 6.07) is 6.85. The maximum atomic E-state index is 12.2. The lowest BCUT2D eigenvalue weighted by atomic mass is 10.1. The van der Waals surface area contributed by atoms with Crippen molar-refractivity contribution in [3.8, 4) is 0 Å². The summed E-state index contributed by atoms with van der Waals surface area (Å²) in [5.41, 5.74) is 1.41. The normalized spacial score (nSPS) is 20.0. The predicted octanol–water partition coefficient (Wildman–Crippen LogP) is 1.37. The Morgan fingerprint density at radius 1 is 1.48 bits per heavy atom. The second kappa shape index (κ2) is 6.15. The molecule has 3 rings (SSSR count). The molecule has 0 amide bonds. The standard InChI is InChI=1S/C15H17ClN2O3/c16-13-3-1-2-12-14(20)6-10(17-15(12)13)7-18-4-5-21-9-11(18)8-19/h1-3,6,11,19H,4-5,7-9H2,(H,17,20)/t11-/m0/s1. The van der Waals surface area contributed by atoms with Crippen LogP contribution in [0.1, 0.15) is 5.69 Å². The van der Waals surface area contributed by atoms with Crippen LogP contribution in [0, 0.1) is 0 Å². The van der Waals surface area contributed by atoms with E-state index in [-0.39, 0.29) is 18.1 Å². The molecule has 0 aliphatic carbocycles. The third-order valence-electron chi connectivity index (χ3n) is 3.80. The van der Waals surface area contributed by atoms with Crippen molar-refractivity contribution in [1.82, 2.24) is 9.88 Å². The zero-order valence-corrected chi connectivity index (χ0v) is 12.3. The van der Waals surface area contributed by atoms with Gasteiger partial charge in [0.05, 0.1) is 36.4 Å². The van der Waals surface area contributed by atoms with Crippen molar-refractivity contribution < 1.29 is 9.84 Å². The summed E-state index contributed by atoms with van der Waals surface area (Å²) in [6.07, 6.45) is 0. The quantitative estimate of drug-likeness (QED) is 0.899. The summed E-state index contributed by atoms with van der Waals surface area (Å²) in [7, 11) is 0. The number of hydrogen-bond acceptors (Lipinski definition) is 4. The number of pyridine rings is 1. The van der Waals surface area contributed by atoms with E-state index in [1.165, 1.54) is 0 Å². The first-order chi connectivity index (χ1) is 10.2. The third-order valence-corrected chi connectivity index (χ3v) is 4.12. The van der Waals surface area contributed by atoms with Crippen LogP contribution in [0.3, 0.4) is 0 Å². The van der Waals surface area contributed by atoms with Crippen LogP contribution in [0.25, 0.3) is 10.9 Å². The maximum Gasteiger partial charge on any atom is 0.189 e. The van der Waals surface area contributed by atoms with E-state index in [2.05, 4.69) is 9.88 Å². The first kappa shape index (κ1) is 14.5. The van der Waals surface area contributed by atoms with Gasteiger partial charge in [-0.25, -0.2) is 0 Å². The minimum Gasteiger partial charge on any atom is -0.395 e. The van der Waals surface area contributed by atoms with Crippen molar-refractivity contribution >= 4 is 22.5 Å². The van der Waals surface area contributed by atoms with Crippen molar-refractivity contribution in [3.05, 3.63) is 45.2 Å². The van der Waals surface area contributed by atoms with Gasteiger partial charge < -0.3 is 14.8 Å². The van der Waals surface area contributed by atoms with Gasteiger partial charge in [0.1, 0.15) is 0 Å². The second-order valence-electron chi connectivity index (χ2n) is 5.20. The lowest BCUT2D eigenvalue weighted by molar-refractivity contribution is -0.0317. The third kappa shape index (κ3) is 2.96. The fourth-order valence-electron chi connectivity index (χ4n) is 2.66. The van der Waals surface area contributed by atoms with E-state index < -0.39 is 0 Å². The Morgan fingerprint density at radius 2 is 2.33 bits per heavy atom. The van der Waals surface area contributed by atoms with Crippen LogP contribution in [0.2, 0.25) is 5.02 Å². The molecule has 1 fully saturated rings.